The van der Waals surface area contributed by atoms with Gasteiger partial charge in [0.05, 0.1) is 9.82 Å². The van der Waals surface area contributed by atoms with E-state index in [9.17, 15) is 23.3 Å². The molecule has 3 aromatic carbocycles. The van der Waals surface area contributed by atoms with Crippen LogP contribution in [0, 0.1) is 10.1 Å². The maximum absolute atomic E-state index is 12.6. The predicted molar refractivity (Wildman–Crippen MR) is 103 cm³/mol. The van der Waals surface area contributed by atoms with Crippen LogP contribution < -0.4 is 5.84 Å². The van der Waals surface area contributed by atoms with Crippen LogP contribution in [-0.4, -0.2) is 23.7 Å². The van der Waals surface area contributed by atoms with Crippen molar-refractivity contribution in [3.8, 4) is 11.1 Å². The molecule has 0 bridgehead atoms. The van der Waals surface area contributed by atoms with Crippen LogP contribution in [-0.2, 0) is 10.0 Å². The summed E-state index contributed by atoms with van der Waals surface area (Å²) in [5.41, 5.74) is 1.41. The van der Waals surface area contributed by atoms with Crippen molar-refractivity contribution >= 4 is 21.6 Å². The lowest BCUT2D eigenvalue weighted by Gasteiger charge is -2.17. The molecule has 0 saturated heterocycles. The molecule has 1 amide bonds. The molecule has 0 heterocycles. The molecule has 0 unspecified atom stereocenters. The molecule has 0 aliphatic rings. The molecule has 3 aromatic rings. The van der Waals surface area contributed by atoms with Gasteiger partial charge in [-0.15, -0.1) is 0 Å². The summed E-state index contributed by atoms with van der Waals surface area (Å²) in [6.45, 7) is 0. The van der Waals surface area contributed by atoms with Gasteiger partial charge in [0.15, 0.2) is 0 Å². The van der Waals surface area contributed by atoms with Gasteiger partial charge in [0.1, 0.15) is 0 Å². The molecule has 28 heavy (non-hydrogen) atoms. The summed E-state index contributed by atoms with van der Waals surface area (Å²) in [6.07, 6.45) is 0. The maximum Gasteiger partial charge on any atom is 0.282 e. The number of hydrazine groups is 1. The summed E-state index contributed by atoms with van der Waals surface area (Å²) in [5.74, 6) is 4.69. The van der Waals surface area contributed by atoms with Gasteiger partial charge in [0, 0.05) is 17.7 Å². The first-order valence-electron chi connectivity index (χ1n) is 8.05. The average Bonchev–Trinajstić information content (AvgIpc) is 2.73. The highest BCUT2D eigenvalue weighted by molar-refractivity contribution is 7.89. The normalized spacial score (nSPS) is 11.0. The minimum Gasteiger partial charge on any atom is -0.266 e. The Morgan fingerprint density at radius 1 is 0.893 bits per heavy atom. The number of nitrogens with two attached hydrogens (primary N) is 1. The molecule has 0 fully saturated rings. The summed E-state index contributed by atoms with van der Waals surface area (Å²) in [6, 6.07) is 19.8. The molecule has 0 aliphatic carbocycles. The molecule has 0 atom stereocenters. The fourth-order valence-electron chi connectivity index (χ4n) is 2.55. The number of nitro groups is 1. The lowest BCUT2D eigenvalue weighted by molar-refractivity contribution is -0.384. The number of benzene rings is 3. The van der Waals surface area contributed by atoms with Crippen molar-refractivity contribution in [2.45, 2.75) is 4.90 Å². The van der Waals surface area contributed by atoms with Crippen LogP contribution in [0.15, 0.2) is 83.8 Å². The lowest BCUT2D eigenvalue weighted by Crippen LogP contribution is -2.42. The van der Waals surface area contributed by atoms with Crippen molar-refractivity contribution in [2.24, 2.45) is 5.84 Å². The van der Waals surface area contributed by atoms with Crippen molar-refractivity contribution < 1.29 is 18.1 Å². The zero-order valence-electron chi connectivity index (χ0n) is 14.4. The van der Waals surface area contributed by atoms with Crippen molar-refractivity contribution in [1.29, 1.82) is 0 Å². The van der Waals surface area contributed by atoms with Crippen molar-refractivity contribution in [3.63, 3.8) is 0 Å². The highest BCUT2D eigenvalue weighted by atomic mass is 32.2. The molecular weight excluding hydrogens is 382 g/mol. The molecule has 3 rings (SSSR count). The molecule has 9 heteroatoms. The summed E-state index contributed by atoms with van der Waals surface area (Å²) < 4.78 is 25.3. The number of carbonyl (C=O) groups excluding carboxylic acids is 1. The average molecular weight is 397 g/mol. The zero-order chi connectivity index (χ0) is 20.3. The first-order chi connectivity index (χ1) is 13.3. The quantitative estimate of drug-likeness (QED) is 0.305. The van der Waals surface area contributed by atoms with E-state index in [2.05, 4.69) is 0 Å². The van der Waals surface area contributed by atoms with E-state index >= 15 is 0 Å². The third-order valence-electron chi connectivity index (χ3n) is 4.02. The predicted octanol–water partition coefficient (Wildman–Crippen LogP) is 2.97. The van der Waals surface area contributed by atoms with Gasteiger partial charge in [-0.25, -0.2) is 5.84 Å². The number of nitro benzene ring substituents is 1. The van der Waals surface area contributed by atoms with Crippen LogP contribution in [0.1, 0.15) is 10.4 Å². The molecule has 2 N–H and O–H groups in total. The van der Waals surface area contributed by atoms with Gasteiger partial charge >= 0.3 is 0 Å². The second kappa shape index (κ2) is 7.59. The van der Waals surface area contributed by atoms with E-state index in [4.69, 9.17) is 5.84 Å². The second-order valence-electron chi connectivity index (χ2n) is 5.80. The number of hydrogen-bond donors (Lipinski definition) is 1. The fraction of sp³-hybridized carbons (Fsp3) is 0. The third kappa shape index (κ3) is 3.75. The lowest BCUT2D eigenvalue weighted by atomic mass is 10.0. The number of hydrogen-bond acceptors (Lipinski definition) is 6. The monoisotopic (exact) mass is 397 g/mol. The van der Waals surface area contributed by atoms with Gasteiger partial charge in [-0.3, -0.25) is 14.9 Å². The molecule has 0 aliphatic heterocycles. The Hall–Kier alpha value is -3.56. The van der Waals surface area contributed by atoms with Crippen molar-refractivity contribution in [1.82, 2.24) is 4.41 Å². The van der Waals surface area contributed by atoms with E-state index in [0.717, 1.165) is 35.4 Å². The molecular formula is C19H15N3O5S. The highest BCUT2D eigenvalue weighted by Crippen LogP contribution is 2.23. The van der Waals surface area contributed by atoms with E-state index in [0.29, 0.717) is 0 Å². The van der Waals surface area contributed by atoms with Crippen molar-refractivity contribution in [3.05, 3.63) is 94.5 Å². The third-order valence-corrected chi connectivity index (χ3v) is 5.57. The van der Waals surface area contributed by atoms with Crippen LogP contribution in [0.2, 0.25) is 0 Å². The molecule has 0 spiro atoms. The summed E-state index contributed by atoms with van der Waals surface area (Å²) in [5, 5.41) is 10.7. The Balaban J connectivity index is 1.90. The maximum atomic E-state index is 12.6. The van der Waals surface area contributed by atoms with Crippen LogP contribution >= 0.6 is 0 Å². The molecule has 0 saturated carbocycles. The minimum absolute atomic E-state index is 0.0920. The Bertz CT molecular complexity index is 1130. The number of rotatable bonds is 5. The van der Waals surface area contributed by atoms with E-state index in [1.807, 2.05) is 30.3 Å². The van der Waals surface area contributed by atoms with Gasteiger partial charge in [-0.2, -0.15) is 12.8 Å². The topological polar surface area (TPSA) is 124 Å². The Kier molecular flexibility index (Phi) is 5.21. The molecule has 0 radical (unpaired) electrons. The SMILES string of the molecule is NN(C(=O)c1cccc(-c2ccccc2)c1)S(=O)(=O)c1ccc([N+](=O)[O-])cc1. The zero-order valence-corrected chi connectivity index (χ0v) is 15.2. The summed E-state index contributed by atoms with van der Waals surface area (Å²) in [7, 11) is -4.37. The molecule has 142 valence electrons. The first kappa shape index (κ1) is 19.2. The smallest absolute Gasteiger partial charge is 0.266 e. The van der Waals surface area contributed by atoms with Crippen LogP contribution in [0.3, 0.4) is 0 Å². The van der Waals surface area contributed by atoms with Crippen LogP contribution in [0.4, 0.5) is 5.69 Å². The van der Waals surface area contributed by atoms with Gasteiger partial charge < -0.3 is 0 Å². The van der Waals surface area contributed by atoms with Crippen LogP contribution in [0.5, 0.6) is 0 Å². The Morgan fingerprint density at radius 3 is 2.11 bits per heavy atom. The van der Waals surface area contributed by atoms with Gasteiger partial charge in [0.2, 0.25) is 0 Å². The van der Waals surface area contributed by atoms with E-state index < -0.39 is 20.9 Å². The summed E-state index contributed by atoms with van der Waals surface area (Å²) >= 11 is 0. The van der Waals surface area contributed by atoms with E-state index in [1.165, 1.54) is 6.07 Å². The minimum atomic E-state index is -4.37. The van der Waals surface area contributed by atoms with E-state index in [1.54, 1.807) is 18.2 Å². The number of sulfonamides is 1. The van der Waals surface area contributed by atoms with Crippen LogP contribution in [0.25, 0.3) is 11.1 Å². The Morgan fingerprint density at radius 2 is 1.50 bits per heavy atom. The molecule has 0 aromatic heterocycles. The van der Waals surface area contributed by atoms with Gasteiger partial charge in [-0.05, 0) is 35.4 Å². The highest BCUT2D eigenvalue weighted by Gasteiger charge is 2.28. The number of carbonyl (C=O) groups is 1. The second-order valence-corrected chi connectivity index (χ2v) is 7.62. The summed E-state index contributed by atoms with van der Waals surface area (Å²) in [4.78, 5) is 22.4. The Labute approximate surface area is 161 Å². The largest absolute Gasteiger partial charge is 0.282 e. The number of amides is 1. The fourth-order valence-corrected chi connectivity index (χ4v) is 3.58. The standard InChI is InChI=1S/C19H15N3O5S/c20-21(28(26,27)18-11-9-17(10-12-18)22(24)25)19(23)16-8-4-7-15(13-16)14-5-2-1-3-6-14/h1-13H,20H2. The number of nitrogens with zero attached hydrogens (tertiary/aromatic N) is 2. The van der Waals surface area contributed by atoms with E-state index in [-0.39, 0.29) is 20.6 Å². The van der Waals surface area contributed by atoms with Gasteiger partial charge in [0.25, 0.3) is 21.6 Å². The van der Waals surface area contributed by atoms with Gasteiger partial charge in [-0.1, -0.05) is 42.5 Å². The molecule has 8 nitrogen and oxygen atoms in total. The first-order valence-corrected chi connectivity index (χ1v) is 9.49. The van der Waals surface area contributed by atoms with Crippen molar-refractivity contribution in [2.75, 3.05) is 0 Å². The number of non-ortho nitro benzene ring substituents is 1.